The third-order valence-corrected chi connectivity index (χ3v) is 7.56. The number of esters is 1. The quantitative estimate of drug-likeness (QED) is 0.456. The van der Waals surface area contributed by atoms with Crippen LogP contribution in [0.4, 0.5) is 5.69 Å². The number of benzene rings is 3. The first-order valence-electron chi connectivity index (χ1n) is 10.7. The summed E-state index contributed by atoms with van der Waals surface area (Å²) in [5, 5.41) is 0. The predicted octanol–water partition coefficient (Wildman–Crippen LogP) is 4.26. The van der Waals surface area contributed by atoms with Gasteiger partial charge in [0.05, 0.1) is 29.7 Å². The Bertz CT molecular complexity index is 1260. The van der Waals surface area contributed by atoms with E-state index in [4.69, 9.17) is 4.74 Å². The maximum atomic E-state index is 14.0. The average Bonchev–Trinajstić information content (AvgIpc) is 3.04. The van der Waals surface area contributed by atoms with Crippen LogP contribution in [-0.4, -0.2) is 24.9 Å². The van der Waals surface area contributed by atoms with Crippen molar-refractivity contribution in [2.45, 2.75) is 18.8 Å². The van der Waals surface area contributed by atoms with Crippen LogP contribution in [0.25, 0.3) is 0 Å². The summed E-state index contributed by atoms with van der Waals surface area (Å²) in [5.74, 6) is -1.63. The van der Waals surface area contributed by atoms with Gasteiger partial charge in [-0.25, -0.2) is 9.69 Å². The third-order valence-electron chi connectivity index (χ3n) is 7.56. The SMILES string of the molecule is COC(=O)c1ccc(N2C(=O)[C@H]3C4c5ccccc5C(c5ccccc54)[C@@]3(C)C2=O)cc1. The van der Waals surface area contributed by atoms with Crippen molar-refractivity contribution in [3.63, 3.8) is 0 Å². The Kier molecular flexibility index (Phi) is 3.79. The van der Waals surface area contributed by atoms with Gasteiger partial charge in [-0.05, 0) is 53.4 Å². The zero-order valence-corrected chi connectivity index (χ0v) is 17.7. The van der Waals surface area contributed by atoms with Gasteiger partial charge < -0.3 is 4.74 Å². The fourth-order valence-corrected chi connectivity index (χ4v) is 6.22. The summed E-state index contributed by atoms with van der Waals surface area (Å²) >= 11 is 0. The number of carbonyl (C=O) groups is 3. The molecule has 158 valence electrons. The Morgan fingerprint density at radius 1 is 0.844 bits per heavy atom. The molecule has 32 heavy (non-hydrogen) atoms. The van der Waals surface area contributed by atoms with Crippen LogP contribution in [-0.2, 0) is 14.3 Å². The molecule has 3 aromatic rings. The molecule has 1 heterocycles. The van der Waals surface area contributed by atoms with Crippen LogP contribution in [0.15, 0.2) is 72.8 Å². The Morgan fingerprint density at radius 2 is 1.38 bits per heavy atom. The molecule has 1 fully saturated rings. The second-order valence-electron chi connectivity index (χ2n) is 8.95. The number of rotatable bonds is 2. The van der Waals surface area contributed by atoms with Crippen LogP contribution in [0.2, 0.25) is 0 Å². The highest BCUT2D eigenvalue weighted by Gasteiger charge is 2.68. The number of methoxy groups -OCH3 is 1. The summed E-state index contributed by atoms with van der Waals surface area (Å²) in [6.45, 7) is 1.95. The zero-order valence-electron chi connectivity index (χ0n) is 17.7. The first kappa shape index (κ1) is 19.0. The molecule has 0 unspecified atom stereocenters. The lowest BCUT2D eigenvalue weighted by Crippen LogP contribution is -2.49. The lowest BCUT2D eigenvalue weighted by atomic mass is 9.48. The van der Waals surface area contributed by atoms with Gasteiger partial charge in [0.2, 0.25) is 11.8 Å². The Labute approximate surface area is 185 Å². The molecular formula is C27H21NO4. The van der Waals surface area contributed by atoms with Gasteiger partial charge in [-0.3, -0.25) is 9.59 Å². The van der Waals surface area contributed by atoms with Crippen LogP contribution >= 0.6 is 0 Å². The van der Waals surface area contributed by atoms with E-state index in [1.807, 2.05) is 31.2 Å². The van der Waals surface area contributed by atoms with Gasteiger partial charge in [0.15, 0.2) is 0 Å². The molecule has 2 amide bonds. The smallest absolute Gasteiger partial charge is 0.337 e. The molecule has 3 aliphatic carbocycles. The number of imide groups is 1. The topological polar surface area (TPSA) is 63.7 Å². The van der Waals surface area contributed by atoms with E-state index in [-0.39, 0.29) is 23.7 Å². The molecule has 0 N–H and O–H groups in total. The molecule has 1 aliphatic heterocycles. The van der Waals surface area contributed by atoms with E-state index < -0.39 is 17.3 Å². The van der Waals surface area contributed by atoms with Crippen LogP contribution in [0.5, 0.6) is 0 Å². The van der Waals surface area contributed by atoms with E-state index >= 15 is 0 Å². The Morgan fingerprint density at radius 3 is 1.91 bits per heavy atom. The van der Waals surface area contributed by atoms with Crippen LogP contribution in [0.3, 0.4) is 0 Å². The minimum absolute atomic E-state index is 0.159. The molecule has 5 heteroatoms. The van der Waals surface area contributed by atoms with Crippen molar-refractivity contribution >= 4 is 23.5 Å². The van der Waals surface area contributed by atoms with Crippen molar-refractivity contribution in [1.82, 2.24) is 0 Å². The maximum Gasteiger partial charge on any atom is 0.337 e. The van der Waals surface area contributed by atoms with E-state index in [2.05, 4.69) is 24.3 Å². The van der Waals surface area contributed by atoms with Crippen molar-refractivity contribution in [2.75, 3.05) is 12.0 Å². The first-order chi connectivity index (χ1) is 15.5. The van der Waals surface area contributed by atoms with Gasteiger partial charge in [0, 0.05) is 11.8 Å². The zero-order chi connectivity index (χ0) is 22.2. The monoisotopic (exact) mass is 423 g/mol. The van der Waals surface area contributed by atoms with Crippen molar-refractivity contribution in [2.24, 2.45) is 11.3 Å². The first-order valence-corrected chi connectivity index (χ1v) is 10.7. The number of hydrogen-bond donors (Lipinski definition) is 0. The Balaban J connectivity index is 1.52. The molecule has 2 bridgehead atoms. The molecule has 0 saturated carbocycles. The number of ether oxygens (including phenoxy) is 1. The van der Waals surface area contributed by atoms with E-state index in [1.165, 1.54) is 12.0 Å². The molecule has 2 atom stereocenters. The molecule has 7 rings (SSSR count). The van der Waals surface area contributed by atoms with E-state index in [0.717, 1.165) is 22.3 Å². The Hall–Kier alpha value is -3.73. The molecule has 0 aromatic heterocycles. The normalized spacial score (nSPS) is 27.1. The molecule has 0 radical (unpaired) electrons. The van der Waals surface area contributed by atoms with Crippen LogP contribution < -0.4 is 4.90 Å². The summed E-state index contributed by atoms with van der Waals surface area (Å²) in [7, 11) is 1.32. The highest BCUT2D eigenvalue weighted by molar-refractivity contribution is 6.25. The van der Waals surface area contributed by atoms with Gasteiger partial charge >= 0.3 is 5.97 Å². The van der Waals surface area contributed by atoms with Gasteiger partial charge in [0.25, 0.3) is 0 Å². The second kappa shape index (κ2) is 6.39. The number of nitrogens with zero attached hydrogens (tertiary/aromatic N) is 1. The minimum atomic E-state index is -0.870. The fourth-order valence-electron chi connectivity index (χ4n) is 6.22. The average molecular weight is 423 g/mol. The lowest BCUT2D eigenvalue weighted by Gasteiger charge is -2.51. The van der Waals surface area contributed by atoms with E-state index in [0.29, 0.717) is 11.3 Å². The minimum Gasteiger partial charge on any atom is -0.465 e. The molecular weight excluding hydrogens is 402 g/mol. The van der Waals surface area contributed by atoms with Gasteiger partial charge in [-0.15, -0.1) is 0 Å². The third kappa shape index (κ3) is 2.15. The van der Waals surface area contributed by atoms with Crippen molar-refractivity contribution in [3.8, 4) is 0 Å². The highest BCUT2D eigenvalue weighted by Crippen LogP contribution is 2.67. The summed E-state index contributed by atoms with van der Waals surface area (Å²) in [5.41, 5.74) is 4.55. The second-order valence-corrected chi connectivity index (χ2v) is 8.95. The van der Waals surface area contributed by atoms with Gasteiger partial charge in [-0.1, -0.05) is 48.5 Å². The van der Waals surface area contributed by atoms with Gasteiger partial charge in [0.1, 0.15) is 0 Å². The van der Waals surface area contributed by atoms with Crippen LogP contribution in [0, 0.1) is 11.3 Å². The molecule has 3 aromatic carbocycles. The summed E-state index contributed by atoms with van der Waals surface area (Å²) in [6.07, 6.45) is 0. The maximum absolute atomic E-state index is 14.0. The number of carbonyl (C=O) groups excluding carboxylic acids is 3. The summed E-state index contributed by atoms with van der Waals surface area (Å²) in [4.78, 5) is 41.0. The van der Waals surface area contributed by atoms with Crippen LogP contribution in [0.1, 0.15) is 51.4 Å². The fraction of sp³-hybridized carbons (Fsp3) is 0.222. The molecule has 1 saturated heterocycles. The molecule has 4 aliphatic rings. The highest BCUT2D eigenvalue weighted by atomic mass is 16.5. The summed E-state index contributed by atoms with van der Waals surface area (Å²) < 4.78 is 4.76. The van der Waals surface area contributed by atoms with Gasteiger partial charge in [-0.2, -0.15) is 0 Å². The van der Waals surface area contributed by atoms with Crippen molar-refractivity contribution < 1.29 is 19.1 Å². The molecule has 5 nitrogen and oxygen atoms in total. The van der Waals surface area contributed by atoms with E-state index in [1.54, 1.807) is 24.3 Å². The van der Waals surface area contributed by atoms with Crippen molar-refractivity contribution in [1.29, 1.82) is 0 Å². The standard InChI is InChI=1S/C27H21NO4/c1-27-22-19-9-5-3-7-17(19)21(18-8-4-6-10-20(18)22)23(27)24(29)28(26(27)31)16-13-11-15(12-14-16)25(30)32-2/h3-14,21-23H,1-2H3/t21?,22?,23-,27-/m1/s1. The largest absolute Gasteiger partial charge is 0.465 e. The number of hydrogen-bond acceptors (Lipinski definition) is 4. The van der Waals surface area contributed by atoms with Crippen molar-refractivity contribution in [3.05, 3.63) is 101 Å². The molecule has 0 spiro atoms. The lowest BCUT2D eigenvalue weighted by molar-refractivity contribution is -0.128. The number of anilines is 1. The summed E-state index contributed by atoms with van der Waals surface area (Å²) in [6, 6.07) is 22.8. The number of amides is 2. The predicted molar refractivity (Wildman–Crippen MR) is 118 cm³/mol. The van der Waals surface area contributed by atoms with E-state index in [9.17, 15) is 14.4 Å².